The lowest BCUT2D eigenvalue weighted by Crippen LogP contribution is -2.51. The predicted molar refractivity (Wildman–Crippen MR) is 83.2 cm³/mol. The van der Waals surface area contributed by atoms with Gasteiger partial charge in [-0.1, -0.05) is 30.3 Å². The Hall–Kier alpha value is -0.900. The molecule has 110 valence electrons. The van der Waals surface area contributed by atoms with E-state index in [4.69, 9.17) is 0 Å². The Morgan fingerprint density at radius 3 is 2.20 bits per heavy atom. The molecule has 0 N–H and O–H groups in total. The fourth-order valence-electron chi connectivity index (χ4n) is 3.41. The highest BCUT2D eigenvalue weighted by molar-refractivity contribution is 5.14. The van der Waals surface area contributed by atoms with E-state index in [0.29, 0.717) is 0 Å². The molecule has 3 rings (SSSR count). The monoisotopic (exact) mass is 272 g/mol. The molecule has 0 amide bonds. The smallest absolute Gasteiger partial charge is 0.0233 e. The van der Waals surface area contributed by atoms with E-state index in [2.05, 4.69) is 52.1 Å². The minimum atomic E-state index is 0.802. The van der Waals surface area contributed by atoms with Crippen molar-refractivity contribution in [3.05, 3.63) is 42.9 Å². The fraction of sp³-hybridized carbons (Fsp3) is 0.588. The fourth-order valence-corrected chi connectivity index (χ4v) is 3.41. The summed E-state index contributed by atoms with van der Waals surface area (Å²) in [6, 6.07) is 11.6. The number of nitrogens with zero attached hydrogens (tertiary/aromatic N) is 3. The van der Waals surface area contributed by atoms with Crippen molar-refractivity contribution in [3.8, 4) is 0 Å². The van der Waals surface area contributed by atoms with Crippen molar-refractivity contribution < 1.29 is 0 Å². The third kappa shape index (κ3) is 3.60. The van der Waals surface area contributed by atoms with E-state index >= 15 is 0 Å². The number of piperidine rings is 1. The first-order valence-electron chi connectivity index (χ1n) is 7.87. The van der Waals surface area contributed by atoms with Crippen LogP contribution in [0.5, 0.6) is 0 Å². The van der Waals surface area contributed by atoms with Crippen molar-refractivity contribution >= 4 is 0 Å². The van der Waals surface area contributed by atoms with E-state index in [1.807, 2.05) is 0 Å². The van der Waals surface area contributed by atoms with Crippen LogP contribution in [0.2, 0.25) is 0 Å². The van der Waals surface area contributed by atoms with Crippen LogP contribution in [0.3, 0.4) is 0 Å². The van der Waals surface area contributed by atoms with E-state index in [1.54, 1.807) is 0 Å². The molecule has 20 heavy (non-hydrogen) atoms. The number of piperazine rings is 1. The third-order valence-electron chi connectivity index (χ3n) is 4.73. The van der Waals surface area contributed by atoms with Gasteiger partial charge in [-0.2, -0.15) is 0 Å². The summed E-state index contributed by atoms with van der Waals surface area (Å²) >= 11 is 0. The summed E-state index contributed by atoms with van der Waals surface area (Å²) < 4.78 is 0. The van der Waals surface area contributed by atoms with Crippen LogP contribution in [-0.4, -0.2) is 60.0 Å². The van der Waals surface area contributed by atoms with Crippen LogP contribution in [0.15, 0.2) is 30.3 Å². The van der Waals surface area contributed by atoms with Gasteiger partial charge in [0.05, 0.1) is 0 Å². The molecule has 3 nitrogen and oxygen atoms in total. The number of benzene rings is 1. The molecular formula is C17H26N3-. The second-order valence-corrected chi connectivity index (χ2v) is 6.15. The average molecular weight is 272 g/mol. The Bertz CT molecular complexity index is 390. The molecule has 3 heteroatoms. The Morgan fingerprint density at radius 1 is 0.900 bits per heavy atom. The van der Waals surface area contributed by atoms with Crippen LogP contribution in [-0.2, 0) is 6.54 Å². The van der Waals surface area contributed by atoms with Gasteiger partial charge in [0.25, 0.3) is 0 Å². The summed E-state index contributed by atoms with van der Waals surface area (Å²) in [4.78, 5) is 7.48. The number of hydrogen-bond donors (Lipinski definition) is 0. The quantitative estimate of drug-likeness (QED) is 0.780. The zero-order chi connectivity index (χ0) is 13.8. The molecule has 0 unspecified atom stereocenters. The molecule has 1 aromatic rings. The van der Waals surface area contributed by atoms with Crippen molar-refractivity contribution in [2.45, 2.75) is 25.4 Å². The lowest BCUT2D eigenvalue weighted by molar-refractivity contribution is 0.0704. The van der Waals surface area contributed by atoms with Crippen molar-refractivity contribution in [1.82, 2.24) is 14.7 Å². The van der Waals surface area contributed by atoms with Crippen LogP contribution in [0.25, 0.3) is 0 Å². The Labute approximate surface area is 123 Å². The average Bonchev–Trinajstić information content (AvgIpc) is 2.50. The lowest BCUT2D eigenvalue weighted by atomic mass is 10.0. The van der Waals surface area contributed by atoms with Crippen molar-refractivity contribution in [2.75, 3.05) is 39.3 Å². The summed E-state index contributed by atoms with van der Waals surface area (Å²) in [6.45, 7) is 8.25. The zero-order valence-electron chi connectivity index (χ0n) is 12.4. The highest BCUT2D eigenvalue weighted by atomic mass is 15.3. The molecule has 1 aromatic carbocycles. The first-order valence-corrected chi connectivity index (χ1v) is 7.87. The molecule has 2 saturated heterocycles. The van der Waals surface area contributed by atoms with Crippen LogP contribution >= 0.6 is 0 Å². The minimum Gasteiger partial charge on any atom is -0.457 e. The molecule has 2 aliphatic heterocycles. The van der Waals surface area contributed by atoms with Gasteiger partial charge in [-0.25, -0.2) is 0 Å². The summed E-state index contributed by atoms with van der Waals surface area (Å²) in [5.74, 6) is 0. The van der Waals surface area contributed by atoms with Gasteiger partial charge >= 0.3 is 0 Å². The summed E-state index contributed by atoms with van der Waals surface area (Å²) in [7, 11) is 4.03. The Balaban J connectivity index is 1.45. The van der Waals surface area contributed by atoms with Gasteiger partial charge in [-0.05, 0) is 44.6 Å². The zero-order valence-corrected chi connectivity index (χ0v) is 12.4. The van der Waals surface area contributed by atoms with Crippen molar-refractivity contribution in [3.63, 3.8) is 0 Å². The third-order valence-corrected chi connectivity index (χ3v) is 4.73. The van der Waals surface area contributed by atoms with Crippen LogP contribution in [0, 0.1) is 7.05 Å². The molecule has 2 aliphatic rings. The summed E-state index contributed by atoms with van der Waals surface area (Å²) in [6.07, 6.45) is 2.65. The van der Waals surface area contributed by atoms with Gasteiger partial charge in [-0.3, -0.25) is 16.8 Å². The molecule has 0 aliphatic carbocycles. The maximum atomic E-state index is 4.03. The maximum Gasteiger partial charge on any atom is 0.0233 e. The maximum absolute atomic E-state index is 4.03. The second kappa shape index (κ2) is 6.70. The molecule has 0 radical (unpaired) electrons. The Morgan fingerprint density at radius 2 is 1.55 bits per heavy atom. The molecular weight excluding hydrogens is 246 g/mol. The first-order chi connectivity index (χ1) is 9.81. The van der Waals surface area contributed by atoms with E-state index in [9.17, 15) is 0 Å². The van der Waals surface area contributed by atoms with Crippen LogP contribution in [0.4, 0.5) is 0 Å². The van der Waals surface area contributed by atoms with Gasteiger partial charge in [0.1, 0.15) is 0 Å². The van der Waals surface area contributed by atoms with E-state index in [0.717, 1.165) is 25.7 Å². The topological polar surface area (TPSA) is 9.72 Å². The molecule has 0 saturated carbocycles. The van der Waals surface area contributed by atoms with Gasteiger partial charge in [0.2, 0.25) is 0 Å². The van der Waals surface area contributed by atoms with E-state index in [1.165, 1.54) is 44.6 Å². The van der Waals surface area contributed by atoms with Crippen molar-refractivity contribution in [1.29, 1.82) is 0 Å². The summed E-state index contributed by atoms with van der Waals surface area (Å²) in [5.41, 5.74) is 1.44. The van der Waals surface area contributed by atoms with Crippen LogP contribution < -0.4 is 0 Å². The SMILES string of the molecule is [CH2-]N1CCN(C2CCN(Cc3ccccc3)CC2)CC1. The summed E-state index contributed by atoms with van der Waals surface area (Å²) in [5, 5.41) is 0. The Kier molecular flexibility index (Phi) is 4.71. The highest BCUT2D eigenvalue weighted by Gasteiger charge is 2.25. The second-order valence-electron chi connectivity index (χ2n) is 6.15. The number of likely N-dealkylation sites (tertiary alicyclic amines) is 1. The molecule has 0 aromatic heterocycles. The van der Waals surface area contributed by atoms with Gasteiger partial charge in [0.15, 0.2) is 0 Å². The van der Waals surface area contributed by atoms with Crippen LogP contribution in [0.1, 0.15) is 18.4 Å². The van der Waals surface area contributed by atoms with Gasteiger partial charge < -0.3 is 4.90 Å². The lowest BCUT2D eigenvalue weighted by Gasteiger charge is -2.44. The molecule has 0 spiro atoms. The normalized spacial score (nSPS) is 24.1. The highest BCUT2D eigenvalue weighted by Crippen LogP contribution is 2.19. The van der Waals surface area contributed by atoms with Gasteiger partial charge in [0, 0.05) is 25.7 Å². The number of hydrogen-bond acceptors (Lipinski definition) is 3. The standard InChI is InChI=1S/C17H26N3/c1-18-11-13-20(14-12-18)17-7-9-19(10-8-17)15-16-5-3-2-4-6-16/h2-6,17H,1,7-15H2/q-1. The van der Waals surface area contributed by atoms with E-state index < -0.39 is 0 Å². The molecule has 2 heterocycles. The predicted octanol–water partition coefficient (Wildman–Crippen LogP) is 2.06. The molecule has 2 fully saturated rings. The van der Waals surface area contributed by atoms with Gasteiger partial charge in [-0.15, -0.1) is 0 Å². The largest absolute Gasteiger partial charge is 0.457 e. The van der Waals surface area contributed by atoms with E-state index in [-0.39, 0.29) is 0 Å². The first kappa shape index (κ1) is 14.1. The number of rotatable bonds is 3. The molecule has 0 bridgehead atoms. The van der Waals surface area contributed by atoms with Crippen molar-refractivity contribution in [2.24, 2.45) is 0 Å². The molecule has 0 atom stereocenters. The minimum absolute atomic E-state index is 0.802.